The maximum atomic E-state index is 13.0. The number of halogens is 1. The van der Waals surface area contributed by atoms with Crippen LogP contribution in [-0.4, -0.2) is 44.3 Å². The van der Waals surface area contributed by atoms with Gasteiger partial charge in [-0.3, -0.25) is 4.79 Å². The maximum Gasteiger partial charge on any atom is 0.257 e. The van der Waals surface area contributed by atoms with Gasteiger partial charge in [0.1, 0.15) is 17.2 Å². The zero-order chi connectivity index (χ0) is 18.5. The molecule has 0 saturated carbocycles. The number of aromatic nitrogens is 1. The van der Waals surface area contributed by atoms with E-state index < -0.39 is 0 Å². The van der Waals surface area contributed by atoms with E-state index in [0.29, 0.717) is 31.2 Å². The standard InChI is InChI=1S/C19H22FN3O3/c1-13-11-16(23-7-9-26-10-8-23)22-19(25-2)17(13)18(24)21-12-14-3-5-15(20)6-4-14/h3-6,11H,7-10,12H2,1-2H3,(H,21,24). The molecule has 3 rings (SSSR count). The fourth-order valence-corrected chi connectivity index (χ4v) is 2.88. The second-order valence-corrected chi connectivity index (χ2v) is 6.09. The van der Waals surface area contributed by atoms with Gasteiger partial charge in [-0.2, -0.15) is 4.98 Å². The summed E-state index contributed by atoms with van der Waals surface area (Å²) in [7, 11) is 1.50. The molecule has 1 aliphatic heterocycles. The Hall–Kier alpha value is -2.67. The average Bonchev–Trinajstić information content (AvgIpc) is 2.67. The van der Waals surface area contributed by atoms with Crippen LogP contribution in [0.4, 0.5) is 10.2 Å². The summed E-state index contributed by atoms with van der Waals surface area (Å²) < 4.78 is 23.7. The number of carbonyl (C=O) groups is 1. The van der Waals surface area contributed by atoms with Gasteiger partial charge in [-0.1, -0.05) is 12.1 Å². The third-order valence-electron chi connectivity index (χ3n) is 4.29. The van der Waals surface area contributed by atoms with Gasteiger partial charge in [0.25, 0.3) is 5.91 Å². The number of methoxy groups -OCH3 is 1. The van der Waals surface area contributed by atoms with Gasteiger partial charge in [-0.05, 0) is 36.2 Å². The number of pyridine rings is 1. The van der Waals surface area contributed by atoms with Gasteiger partial charge in [0.15, 0.2) is 0 Å². The molecular formula is C19H22FN3O3. The van der Waals surface area contributed by atoms with Gasteiger partial charge in [0.05, 0.1) is 20.3 Å². The molecular weight excluding hydrogens is 337 g/mol. The van der Waals surface area contributed by atoms with Gasteiger partial charge in [0.2, 0.25) is 5.88 Å². The van der Waals surface area contributed by atoms with Crippen molar-refractivity contribution in [1.29, 1.82) is 0 Å². The summed E-state index contributed by atoms with van der Waals surface area (Å²) >= 11 is 0. The lowest BCUT2D eigenvalue weighted by Crippen LogP contribution is -2.37. The van der Waals surface area contributed by atoms with E-state index in [2.05, 4.69) is 15.2 Å². The molecule has 26 heavy (non-hydrogen) atoms. The quantitative estimate of drug-likeness (QED) is 0.888. The minimum atomic E-state index is -0.305. The molecule has 1 N–H and O–H groups in total. The second kappa shape index (κ2) is 8.14. The van der Waals surface area contributed by atoms with Crippen LogP contribution >= 0.6 is 0 Å². The van der Waals surface area contributed by atoms with Crippen LogP contribution < -0.4 is 15.0 Å². The molecule has 7 heteroatoms. The lowest BCUT2D eigenvalue weighted by Gasteiger charge is -2.28. The minimum absolute atomic E-state index is 0.273. The second-order valence-electron chi connectivity index (χ2n) is 6.09. The van der Waals surface area contributed by atoms with Crippen molar-refractivity contribution in [2.45, 2.75) is 13.5 Å². The van der Waals surface area contributed by atoms with E-state index in [-0.39, 0.29) is 11.7 Å². The maximum absolute atomic E-state index is 13.0. The van der Waals surface area contributed by atoms with E-state index >= 15 is 0 Å². The predicted molar refractivity (Wildman–Crippen MR) is 96.1 cm³/mol. The Morgan fingerprint density at radius 2 is 2.00 bits per heavy atom. The lowest BCUT2D eigenvalue weighted by molar-refractivity contribution is 0.0946. The van der Waals surface area contributed by atoms with Crippen molar-refractivity contribution in [1.82, 2.24) is 10.3 Å². The lowest BCUT2D eigenvalue weighted by atomic mass is 10.1. The van der Waals surface area contributed by atoms with Crippen molar-refractivity contribution in [3.63, 3.8) is 0 Å². The van der Waals surface area contributed by atoms with Crippen LogP contribution in [0.2, 0.25) is 0 Å². The van der Waals surface area contributed by atoms with Crippen LogP contribution in [0.25, 0.3) is 0 Å². The van der Waals surface area contributed by atoms with E-state index in [1.165, 1.54) is 19.2 Å². The van der Waals surface area contributed by atoms with Crippen molar-refractivity contribution in [3.05, 3.63) is 52.8 Å². The molecule has 1 fully saturated rings. The topological polar surface area (TPSA) is 63.7 Å². The van der Waals surface area contributed by atoms with Crippen molar-refractivity contribution in [3.8, 4) is 5.88 Å². The van der Waals surface area contributed by atoms with E-state index in [0.717, 1.165) is 30.0 Å². The van der Waals surface area contributed by atoms with Crippen molar-refractivity contribution in [2.75, 3.05) is 38.3 Å². The van der Waals surface area contributed by atoms with Crippen LogP contribution in [0.1, 0.15) is 21.5 Å². The average molecular weight is 359 g/mol. The number of carbonyl (C=O) groups excluding carboxylic acids is 1. The SMILES string of the molecule is COc1nc(N2CCOCC2)cc(C)c1C(=O)NCc1ccc(F)cc1. The molecule has 0 bridgehead atoms. The molecule has 1 aromatic heterocycles. The number of nitrogens with one attached hydrogen (secondary N) is 1. The van der Waals surface area contributed by atoms with Crippen LogP contribution in [-0.2, 0) is 11.3 Å². The van der Waals surface area contributed by atoms with Gasteiger partial charge >= 0.3 is 0 Å². The molecule has 1 aliphatic rings. The fourth-order valence-electron chi connectivity index (χ4n) is 2.88. The number of hydrogen-bond acceptors (Lipinski definition) is 5. The normalized spacial score (nSPS) is 14.2. The van der Waals surface area contributed by atoms with Crippen molar-refractivity contribution < 1.29 is 18.7 Å². The summed E-state index contributed by atoms with van der Waals surface area (Å²) in [6, 6.07) is 7.90. The number of anilines is 1. The number of amides is 1. The largest absolute Gasteiger partial charge is 0.480 e. The molecule has 6 nitrogen and oxygen atoms in total. The highest BCUT2D eigenvalue weighted by Gasteiger charge is 2.21. The van der Waals surface area contributed by atoms with E-state index in [1.54, 1.807) is 12.1 Å². The molecule has 138 valence electrons. The summed E-state index contributed by atoms with van der Waals surface area (Å²) in [5.41, 5.74) is 2.01. The highest BCUT2D eigenvalue weighted by atomic mass is 19.1. The summed E-state index contributed by atoms with van der Waals surface area (Å²) in [5, 5.41) is 2.83. The molecule has 1 saturated heterocycles. The van der Waals surface area contributed by atoms with E-state index in [1.807, 2.05) is 13.0 Å². The highest BCUT2D eigenvalue weighted by molar-refractivity contribution is 5.98. The Kier molecular flexibility index (Phi) is 5.68. The number of rotatable bonds is 5. The van der Waals surface area contributed by atoms with Crippen LogP contribution in [0.5, 0.6) is 5.88 Å². The third kappa shape index (κ3) is 4.11. The van der Waals surface area contributed by atoms with Crippen LogP contribution in [0, 0.1) is 12.7 Å². The number of hydrogen-bond donors (Lipinski definition) is 1. The van der Waals surface area contributed by atoms with E-state index in [4.69, 9.17) is 9.47 Å². The van der Waals surface area contributed by atoms with Crippen molar-refractivity contribution in [2.24, 2.45) is 0 Å². The van der Waals surface area contributed by atoms with Crippen LogP contribution in [0.3, 0.4) is 0 Å². The first-order valence-electron chi connectivity index (χ1n) is 8.49. The van der Waals surface area contributed by atoms with Gasteiger partial charge in [0, 0.05) is 19.6 Å². The van der Waals surface area contributed by atoms with Gasteiger partial charge in [-0.15, -0.1) is 0 Å². The molecule has 0 radical (unpaired) electrons. The Labute approximate surface area is 151 Å². The predicted octanol–water partition coefficient (Wildman–Crippen LogP) is 2.30. The first-order valence-corrected chi connectivity index (χ1v) is 8.49. The molecule has 2 heterocycles. The first-order chi connectivity index (χ1) is 12.6. The van der Waals surface area contributed by atoms with Crippen molar-refractivity contribution >= 4 is 11.7 Å². The monoisotopic (exact) mass is 359 g/mol. The zero-order valence-corrected chi connectivity index (χ0v) is 14.9. The number of ether oxygens (including phenoxy) is 2. The van der Waals surface area contributed by atoms with Gasteiger partial charge in [-0.25, -0.2) is 4.39 Å². The summed E-state index contributed by atoms with van der Waals surface area (Å²) in [4.78, 5) is 19.2. The molecule has 1 amide bonds. The first kappa shape index (κ1) is 18.1. The molecule has 0 atom stereocenters. The van der Waals surface area contributed by atoms with Crippen LogP contribution in [0.15, 0.2) is 30.3 Å². The van der Waals surface area contributed by atoms with Gasteiger partial charge < -0.3 is 19.7 Å². The fraction of sp³-hybridized carbons (Fsp3) is 0.368. The number of morpholine rings is 1. The smallest absolute Gasteiger partial charge is 0.257 e. The Bertz CT molecular complexity index is 774. The number of aryl methyl sites for hydroxylation is 1. The third-order valence-corrected chi connectivity index (χ3v) is 4.29. The Morgan fingerprint density at radius 1 is 1.31 bits per heavy atom. The molecule has 0 spiro atoms. The molecule has 2 aromatic rings. The zero-order valence-electron chi connectivity index (χ0n) is 14.9. The summed E-state index contributed by atoms with van der Waals surface area (Å²) in [6.07, 6.45) is 0. The molecule has 1 aromatic carbocycles. The minimum Gasteiger partial charge on any atom is -0.480 e. The molecule has 0 unspecified atom stereocenters. The summed E-state index contributed by atoms with van der Waals surface area (Å²) in [5.74, 6) is 0.492. The summed E-state index contributed by atoms with van der Waals surface area (Å²) in [6.45, 7) is 4.98. The number of nitrogens with zero attached hydrogens (tertiary/aromatic N) is 2. The Balaban J connectivity index is 1.77. The number of benzene rings is 1. The molecule has 0 aliphatic carbocycles. The highest BCUT2D eigenvalue weighted by Crippen LogP contribution is 2.26. The van der Waals surface area contributed by atoms with E-state index in [9.17, 15) is 9.18 Å². The Morgan fingerprint density at radius 3 is 2.65 bits per heavy atom.